The second kappa shape index (κ2) is 5.68. The minimum absolute atomic E-state index is 0.0208. The highest BCUT2D eigenvalue weighted by molar-refractivity contribution is 6.34. The topological polar surface area (TPSA) is 58.2 Å². The molecule has 1 aliphatic carbocycles. The summed E-state index contributed by atoms with van der Waals surface area (Å²) in [6, 6.07) is 3.78. The van der Waals surface area contributed by atoms with E-state index in [1.165, 1.54) is 0 Å². The first kappa shape index (κ1) is 15.8. The highest BCUT2D eigenvalue weighted by atomic mass is 35.5. The predicted molar refractivity (Wildman–Crippen MR) is 84.5 cm³/mol. The number of aryl methyl sites for hydroxylation is 2. The molecule has 0 heterocycles. The Balaban J connectivity index is 2.17. The number of hydrogen-bond acceptors (Lipinski definition) is 2. The Morgan fingerprint density at radius 3 is 2.29 bits per heavy atom. The number of anilines is 1. The molecule has 1 aliphatic rings. The number of hydrogen-bond donors (Lipinski definition) is 2. The summed E-state index contributed by atoms with van der Waals surface area (Å²) in [6.45, 7) is 7.60. The van der Waals surface area contributed by atoms with Crippen LogP contribution >= 0.6 is 11.6 Å². The lowest BCUT2D eigenvalue weighted by Gasteiger charge is -2.18. The van der Waals surface area contributed by atoms with E-state index in [0.29, 0.717) is 23.6 Å². The fraction of sp³-hybridized carbons (Fsp3) is 0.500. The Hall–Kier alpha value is -1.55. The van der Waals surface area contributed by atoms with Crippen molar-refractivity contribution in [2.45, 2.75) is 46.6 Å². The largest absolute Gasteiger partial charge is 0.353 e. The smallest absolute Gasteiger partial charge is 0.240 e. The molecule has 0 atom stereocenters. The number of carbonyl (C=O) groups is 2. The van der Waals surface area contributed by atoms with Gasteiger partial charge in [0.1, 0.15) is 5.41 Å². The number of carbonyl (C=O) groups excluding carboxylic acids is 2. The lowest BCUT2D eigenvalue weighted by Crippen LogP contribution is -2.42. The zero-order valence-corrected chi connectivity index (χ0v) is 13.6. The Morgan fingerprint density at radius 2 is 1.81 bits per heavy atom. The van der Waals surface area contributed by atoms with Gasteiger partial charge in [0, 0.05) is 6.04 Å². The predicted octanol–water partition coefficient (Wildman–Crippen LogP) is 3.20. The Kier molecular flexibility index (Phi) is 4.28. The first-order valence-corrected chi connectivity index (χ1v) is 7.53. The van der Waals surface area contributed by atoms with Crippen molar-refractivity contribution in [1.29, 1.82) is 0 Å². The zero-order valence-electron chi connectivity index (χ0n) is 12.8. The van der Waals surface area contributed by atoms with E-state index in [0.717, 1.165) is 11.1 Å². The van der Waals surface area contributed by atoms with Gasteiger partial charge in [-0.15, -0.1) is 0 Å². The molecule has 4 nitrogen and oxygen atoms in total. The van der Waals surface area contributed by atoms with E-state index < -0.39 is 5.41 Å². The molecule has 2 rings (SSSR count). The van der Waals surface area contributed by atoms with Gasteiger partial charge in [-0.25, -0.2) is 0 Å². The van der Waals surface area contributed by atoms with Gasteiger partial charge in [0.25, 0.3) is 0 Å². The van der Waals surface area contributed by atoms with Crippen molar-refractivity contribution < 1.29 is 9.59 Å². The third-order valence-electron chi connectivity index (χ3n) is 3.71. The minimum atomic E-state index is -0.926. The molecule has 1 fully saturated rings. The highest BCUT2D eigenvalue weighted by Crippen LogP contribution is 2.47. The molecule has 114 valence electrons. The van der Waals surface area contributed by atoms with Crippen molar-refractivity contribution >= 4 is 29.1 Å². The molecular weight excluding hydrogens is 288 g/mol. The van der Waals surface area contributed by atoms with Gasteiger partial charge < -0.3 is 10.6 Å². The first-order valence-electron chi connectivity index (χ1n) is 7.15. The number of nitrogens with one attached hydrogen (secondary N) is 2. The van der Waals surface area contributed by atoms with Crippen LogP contribution in [0, 0.1) is 19.3 Å². The maximum atomic E-state index is 12.5. The zero-order chi connectivity index (χ0) is 15.8. The molecule has 0 radical (unpaired) electrons. The van der Waals surface area contributed by atoms with Gasteiger partial charge in [-0.3, -0.25) is 9.59 Å². The quantitative estimate of drug-likeness (QED) is 0.839. The molecule has 0 bridgehead atoms. The van der Waals surface area contributed by atoms with Crippen molar-refractivity contribution in [3.63, 3.8) is 0 Å². The van der Waals surface area contributed by atoms with E-state index in [-0.39, 0.29) is 17.9 Å². The van der Waals surface area contributed by atoms with Crippen molar-refractivity contribution in [3.05, 3.63) is 28.3 Å². The summed E-state index contributed by atoms with van der Waals surface area (Å²) in [5.74, 6) is -0.467. The van der Waals surface area contributed by atoms with Crippen LogP contribution in [-0.4, -0.2) is 17.9 Å². The van der Waals surface area contributed by atoms with Crippen LogP contribution in [0.2, 0.25) is 5.02 Å². The van der Waals surface area contributed by atoms with Crippen LogP contribution in [0.25, 0.3) is 0 Å². The summed E-state index contributed by atoms with van der Waals surface area (Å²) in [5.41, 5.74) is 1.60. The lowest BCUT2D eigenvalue weighted by molar-refractivity contribution is -0.134. The van der Waals surface area contributed by atoms with E-state index in [2.05, 4.69) is 10.6 Å². The maximum Gasteiger partial charge on any atom is 0.240 e. The summed E-state index contributed by atoms with van der Waals surface area (Å²) < 4.78 is 0. The van der Waals surface area contributed by atoms with Gasteiger partial charge in [0.15, 0.2) is 0 Å². The van der Waals surface area contributed by atoms with E-state index >= 15 is 0 Å². The molecule has 5 heteroatoms. The number of rotatable bonds is 4. The lowest BCUT2D eigenvalue weighted by atomic mass is 10.0. The average Bonchev–Trinajstić information content (AvgIpc) is 3.13. The third kappa shape index (κ3) is 3.21. The van der Waals surface area contributed by atoms with Crippen LogP contribution in [0.5, 0.6) is 0 Å². The van der Waals surface area contributed by atoms with Crippen LogP contribution in [0.3, 0.4) is 0 Å². The average molecular weight is 309 g/mol. The number of halogens is 1. The highest BCUT2D eigenvalue weighted by Gasteiger charge is 2.56. The fourth-order valence-electron chi connectivity index (χ4n) is 2.39. The van der Waals surface area contributed by atoms with Gasteiger partial charge in [0.2, 0.25) is 11.8 Å². The molecule has 0 aromatic heterocycles. The van der Waals surface area contributed by atoms with Crippen LogP contribution < -0.4 is 10.6 Å². The summed E-state index contributed by atoms with van der Waals surface area (Å²) in [7, 11) is 0. The third-order valence-corrected chi connectivity index (χ3v) is 4.01. The molecule has 2 N–H and O–H groups in total. The van der Waals surface area contributed by atoms with Crippen LogP contribution in [-0.2, 0) is 9.59 Å². The summed E-state index contributed by atoms with van der Waals surface area (Å²) in [4.78, 5) is 24.7. The van der Waals surface area contributed by atoms with Gasteiger partial charge in [-0.2, -0.15) is 0 Å². The monoisotopic (exact) mass is 308 g/mol. The second-order valence-electron chi connectivity index (χ2n) is 6.10. The van der Waals surface area contributed by atoms with Crippen molar-refractivity contribution in [3.8, 4) is 0 Å². The van der Waals surface area contributed by atoms with Crippen molar-refractivity contribution in [2.75, 3.05) is 5.32 Å². The van der Waals surface area contributed by atoms with Gasteiger partial charge in [-0.1, -0.05) is 17.7 Å². The fourth-order valence-corrected chi connectivity index (χ4v) is 2.76. The van der Waals surface area contributed by atoms with Crippen molar-refractivity contribution in [1.82, 2.24) is 5.32 Å². The van der Waals surface area contributed by atoms with Crippen LogP contribution in [0.1, 0.15) is 37.8 Å². The Labute approximate surface area is 130 Å². The Morgan fingerprint density at radius 1 is 1.19 bits per heavy atom. The van der Waals surface area contributed by atoms with Gasteiger partial charge in [-0.05, 0) is 57.7 Å². The maximum absolute atomic E-state index is 12.5. The molecular formula is C16H21ClN2O2. The number of amides is 2. The minimum Gasteiger partial charge on any atom is -0.353 e. The SMILES string of the molecule is Cc1cc(C)c(NC(=O)C2(C(=O)NC(C)C)CC2)c(Cl)c1. The van der Waals surface area contributed by atoms with E-state index in [9.17, 15) is 9.59 Å². The molecule has 1 saturated carbocycles. The molecule has 0 saturated heterocycles. The van der Waals surface area contributed by atoms with E-state index in [4.69, 9.17) is 11.6 Å². The molecule has 0 aliphatic heterocycles. The summed E-state index contributed by atoms with van der Waals surface area (Å²) >= 11 is 6.20. The molecule has 2 amide bonds. The summed E-state index contributed by atoms with van der Waals surface area (Å²) in [5, 5.41) is 6.15. The van der Waals surface area contributed by atoms with Gasteiger partial charge in [0.05, 0.1) is 10.7 Å². The van der Waals surface area contributed by atoms with Crippen molar-refractivity contribution in [2.24, 2.45) is 5.41 Å². The van der Waals surface area contributed by atoms with E-state index in [1.807, 2.05) is 33.8 Å². The Bertz CT molecular complexity index is 569. The van der Waals surface area contributed by atoms with Crippen LogP contribution in [0.4, 0.5) is 5.69 Å². The first-order chi connectivity index (χ1) is 9.76. The molecule has 21 heavy (non-hydrogen) atoms. The molecule has 0 unspecified atom stereocenters. The van der Waals surface area contributed by atoms with E-state index in [1.54, 1.807) is 6.07 Å². The normalized spacial score (nSPS) is 15.7. The molecule has 1 aromatic carbocycles. The summed E-state index contributed by atoms with van der Waals surface area (Å²) in [6.07, 6.45) is 1.17. The molecule has 1 aromatic rings. The second-order valence-corrected chi connectivity index (χ2v) is 6.51. The van der Waals surface area contributed by atoms with Gasteiger partial charge >= 0.3 is 0 Å². The molecule has 0 spiro atoms. The number of benzene rings is 1. The standard InChI is InChI=1S/C16H21ClN2O2/c1-9(2)18-14(20)16(5-6-16)15(21)19-13-11(4)7-10(3)8-12(13)17/h7-9H,5-6H2,1-4H3,(H,18,20)(H,19,21). The van der Waals surface area contributed by atoms with Crippen LogP contribution in [0.15, 0.2) is 12.1 Å².